The van der Waals surface area contributed by atoms with E-state index in [2.05, 4.69) is 39.8 Å². The number of hydrogen-bond acceptors (Lipinski definition) is 6. The van der Waals surface area contributed by atoms with Gasteiger partial charge in [0.25, 0.3) is 0 Å². The van der Waals surface area contributed by atoms with Crippen molar-refractivity contribution in [1.82, 2.24) is 35.2 Å². The lowest BCUT2D eigenvalue weighted by Gasteiger charge is -2.30. The third kappa shape index (κ3) is 6.90. The van der Waals surface area contributed by atoms with Crippen molar-refractivity contribution < 1.29 is 19.2 Å². The van der Waals surface area contributed by atoms with Crippen LogP contribution in [0.15, 0.2) is 48.2 Å². The van der Waals surface area contributed by atoms with E-state index in [1.54, 1.807) is 4.90 Å². The summed E-state index contributed by atoms with van der Waals surface area (Å²) in [5.74, 6) is -0.671. The van der Waals surface area contributed by atoms with E-state index in [-0.39, 0.29) is 67.3 Å². The van der Waals surface area contributed by atoms with Crippen LogP contribution in [-0.4, -0.2) is 73.6 Å². The molecule has 45 heavy (non-hydrogen) atoms. The van der Waals surface area contributed by atoms with Crippen LogP contribution in [0.4, 0.5) is 0 Å². The Kier molecular flexibility index (Phi) is 8.93. The minimum atomic E-state index is -0.867. The maximum Gasteiger partial charge on any atom is 0.246 e. The van der Waals surface area contributed by atoms with Crippen molar-refractivity contribution in [2.24, 2.45) is 11.8 Å². The van der Waals surface area contributed by atoms with Crippen LogP contribution in [0, 0.1) is 11.8 Å². The van der Waals surface area contributed by atoms with Gasteiger partial charge in [-0.05, 0) is 42.7 Å². The molecule has 3 aromatic heterocycles. The van der Waals surface area contributed by atoms with Crippen molar-refractivity contribution in [2.75, 3.05) is 6.54 Å². The summed E-state index contributed by atoms with van der Waals surface area (Å²) < 4.78 is 1.88. The molecular formula is C33H41N7O4S. The van der Waals surface area contributed by atoms with Crippen molar-refractivity contribution in [3.8, 4) is 0 Å². The van der Waals surface area contributed by atoms with Crippen LogP contribution in [0.5, 0.6) is 0 Å². The second kappa shape index (κ2) is 13.0. The molecule has 1 aromatic carbocycles. The fourth-order valence-electron chi connectivity index (χ4n) is 6.64. The first-order valence-corrected chi connectivity index (χ1v) is 16.7. The molecular weight excluding hydrogens is 590 g/mol. The van der Waals surface area contributed by atoms with Crippen LogP contribution >= 0.6 is 11.3 Å². The van der Waals surface area contributed by atoms with E-state index in [9.17, 15) is 19.2 Å². The Balaban J connectivity index is 1.26. The number of benzene rings is 1. The van der Waals surface area contributed by atoms with Gasteiger partial charge < -0.3 is 25.8 Å². The Labute approximate surface area is 266 Å². The molecule has 11 nitrogen and oxygen atoms in total. The van der Waals surface area contributed by atoms with E-state index < -0.39 is 18.1 Å². The van der Waals surface area contributed by atoms with Crippen LogP contribution in [0.2, 0.25) is 0 Å². The minimum Gasteiger partial charge on any atom is -0.361 e. The van der Waals surface area contributed by atoms with Gasteiger partial charge in [0.15, 0.2) is 4.96 Å². The predicted octanol–water partition coefficient (Wildman–Crippen LogP) is 3.19. The molecule has 4 aromatic rings. The molecule has 2 fully saturated rings. The average molecular weight is 632 g/mol. The normalized spacial score (nSPS) is 25.0. The Morgan fingerprint density at radius 1 is 1.16 bits per heavy atom. The summed E-state index contributed by atoms with van der Waals surface area (Å²) in [5, 5.41) is 12.2. The van der Waals surface area contributed by atoms with E-state index in [1.807, 2.05) is 59.6 Å². The second-order valence-electron chi connectivity index (χ2n) is 12.9. The topological polar surface area (TPSA) is 141 Å². The second-order valence-corrected chi connectivity index (χ2v) is 13.8. The average Bonchev–Trinajstić information content (AvgIpc) is 3.78. The molecule has 6 rings (SSSR count). The lowest BCUT2D eigenvalue weighted by molar-refractivity contribution is -0.141. The molecule has 4 amide bonds. The van der Waals surface area contributed by atoms with Crippen LogP contribution in [0.3, 0.4) is 0 Å². The number of carbonyl (C=O) groups is 4. The third-order valence-corrected chi connectivity index (χ3v) is 9.88. The number of aromatic amines is 1. The molecule has 2 aliphatic heterocycles. The zero-order valence-electron chi connectivity index (χ0n) is 25.9. The first-order chi connectivity index (χ1) is 21.6. The zero-order chi connectivity index (χ0) is 31.7. The highest BCUT2D eigenvalue weighted by molar-refractivity contribution is 7.15. The molecule has 0 bridgehead atoms. The highest BCUT2D eigenvalue weighted by Gasteiger charge is 2.43. The van der Waals surface area contributed by atoms with Crippen LogP contribution in [-0.2, 0) is 32.0 Å². The number of hydrogen-bond donors (Lipinski definition) is 4. The number of aromatic nitrogens is 3. The standard InChI is InChI=1S/C33H41N7O4S/c1-19(2)25-9-8-20(3)12-29(41)37-27(13-21-16-34-26-7-5-4-6-24(21)26)32(44)40-18-22(14-28(40)31(43)38-25)35-30(42)15-23-17-39-10-11-45-33(39)36-23/h4-7,10-11,16-17,19-20,22,25,27-28,34H,8-9,12-15,18H2,1-3H3,(H,35,42)(H,37,41)(H,38,43)/t20-,22-,25+,27-,28+/m1/s1. The summed E-state index contributed by atoms with van der Waals surface area (Å²) in [6.07, 6.45) is 8.07. The lowest BCUT2D eigenvalue weighted by Crippen LogP contribution is -2.55. The third-order valence-electron chi connectivity index (χ3n) is 9.11. The highest BCUT2D eigenvalue weighted by Crippen LogP contribution is 2.25. The van der Waals surface area contributed by atoms with Crippen molar-refractivity contribution in [3.05, 3.63) is 59.5 Å². The lowest BCUT2D eigenvalue weighted by atomic mass is 9.92. The zero-order valence-corrected chi connectivity index (χ0v) is 26.7. The Hall–Kier alpha value is -4.19. The van der Waals surface area contributed by atoms with Gasteiger partial charge in [0.2, 0.25) is 23.6 Å². The van der Waals surface area contributed by atoms with Crippen molar-refractivity contribution in [3.63, 3.8) is 0 Å². The molecule has 0 aliphatic carbocycles. The number of nitrogens with one attached hydrogen (secondary N) is 4. The highest BCUT2D eigenvalue weighted by atomic mass is 32.1. The van der Waals surface area contributed by atoms with Gasteiger partial charge in [0.1, 0.15) is 12.1 Å². The molecule has 238 valence electrons. The number of fused-ring (bicyclic) bond motifs is 3. The molecule has 5 heterocycles. The summed E-state index contributed by atoms with van der Waals surface area (Å²) in [6.45, 7) is 6.34. The Bertz CT molecular complexity index is 1680. The Morgan fingerprint density at radius 3 is 2.78 bits per heavy atom. The Morgan fingerprint density at radius 2 is 1.98 bits per heavy atom. The van der Waals surface area contributed by atoms with E-state index in [0.29, 0.717) is 12.1 Å². The smallest absolute Gasteiger partial charge is 0.246 e. The molecule has 0 spiro atoms. The number of carbonyl (C=O) groups excluding carboxylic acids is 4. The first-order valence-electron chi connectivity index (χ1n) is 15.8. The molecule has 4 N–H and O–H groups in total. The van der Waals surface area contributed by atoms with Crippen molar-refractivity contribution >= 4 is 50.8 Å². The van der Waals surface area contributed by atoms with Crippen LogP contribution < -0.4 is 16.0 Å². The SMILES string of the molecule is CC(C)[C@@H]1CC[C@@H](C)CC(=O)N[C@H](Cc2c[nH]c3ccccc23)C(=O)N2C[C@H](NC(=O)Cc3cn4ccsc4n3)C[C@H]2C(=O)N1. The molecule has 0 unspecified atom stereocenters. The summed E-state index contributed by atoms with van der Waals surface area (Å²) >= 11 is 1.50. The summed E-state index contributed by atoms with van der Waals surface area (Å²) in [4.78, 5) is 64.8. The fourth-order valence-corrected chi connectivity index (χ4v) is 7.36. The largest absolute Gasteiger partial charge is 0.361 e. The van der Waals surface area contributed by atoms with Crippen molar-refractivity contribution in [2.45, 2.75) is 83.5 Å². The molecule has 0 radical (unpaired) electrons. The van der Waals surface area contributed by atoms with E-state index in [4.69, 9.17) is 0 Å². The number of nitrogens with zero attached hydrogens (tertiary/aromatic N) is 3. The number of H-pyrrole nitrogens is 1. The van der Waals surface area contributed by atoms with Gasteiger partial charge in [0.05, 0.1) is 12.1 Å². The maximum atomic E-state index is 14.4. The molecule has 0 saturated carbocycles. The quantitative estimate of drug-likeness (QED) is 0.259. The van der Waals surface area contributed by atoms with Crippen molar-refractivity contribution in [1.29, 1.82) is 0 Å². The minimum absolute atomic E-state index is 0.0915. The molecule has 12 heteroatoms. The van der Waals surface area contributed by atoms with Crippen LogP contribution in [0.25, 0.3) is 15.9 Å². The fraction of sp³-hybridized carbons (Fsp3) is 0.485. The molecule has 5 atom stereocenters. The van der Waals surface area contributed by atoms with Crippen LogP contribution in [0.1, 0.15) is 57.7 Å². The van der Waals surface area contributed by atoms with E-state index in [1.165, 1.54) is 11.3 Å². The van der Waals surface area contributed by atoms with E-state index >= 15 is 0 Å². The number of para-hydroxylation sites is 1. The number of amides is 4. The monoisotopic (exact) mass is 631 g/mol. The number of imidazole rings is 1. The van der Waals surface area contributed by atoms with E-state index in [0.717, 1.165) is 34.3 Å². The number of thiazole rings is 1. The van der Waals surface area contributed by atoms with Gasteiger partial charge in [-0.1, -0.05) is 39.0 Å². The van der Waals surface area contributed by atoms with Gasteiger partial charge >= 0.3 is 0 Å². The molecule has 2 saturated heterocycles. The van der Waals surface area contributed by atoms with Gasteiger partial charge in [-0.3, -0.25) is 23.6 Å². The molecule has 2 aliphatic rings. The summed E-state index contributed by atoms with van der Waals surface area (Å²) in [6, 6.07) is 5.69. The van der Waals surface area contributed by atoms with Gasteiger partial charge in [0, 0.05) is 66.3 Å². The first kappa shape index (κ1) is 30.8. The van der Waals surface area contributed by atoms with Gasteiger partial charge in [-0.15, -0.1) is 11.3 Å². The number of rotatable bonds is 6. The van der Waals surface area contributed by atoms with Gasteiger partial charge in [-0.25, -0.2) is 4.98 Å². The summed E-state index contributed by atoms with van der Waals surface area (Å²) in [5.41, 5.74) is 2.51. The summed E-state index contributed by atoms with van der Waals surface area (Å²) in [7, 11) is 0. The van der Waals surface area contributed by atoms with Gasteiger partial charge in [-0.2, -0.15) is 0 Å². The predicted molar refractivity (Wildman–Crippen MR) is 173 cm³/mol. The maximum absolute atomic E-state index is 14.4.